The van der Waals surface area contributed by atoms with Gasteiger partial charge in [0.1, 0.15) is 0 Å². The van der Waals surface area contributed by atoms with Crippen molar-refractivity contribution in [3.05, 3.63) is 88.2 Å². The van der Waals surface area contributed by atoms with Crippen LogP contribution in [0.3, 0.4) is 0 Å². The van der Waals surface area contributed by atoms with Gasteiger partial charge in [-0.3, -0.25) is 0 Å². The maximum absolute atomic E-state index is 13.1. The number of nitrogens with zero attached hydrogens (tertiary/aromatic N) is 2. The van der Waals surface area contributed by atoms with Crippen molar-refractivity contribution in [1.82, 2.24) is 9.47 Å². The minimum atomic E-state index is -0.117. The minimum absolute atomic E-state index is 0.117. The molecule has 31 heavy (non-hydrogen) atoms. The molecule has 6 heteroatoms. The van der Waals surface area contributed by atoms with E-state index < -0.39 is 0 Å². The summed E-state index contributed by atoms with van der Waals surface area (Å²) >= 11 is 6.35. The number of aryl methyl sites for hydroxylation is 2. The normalized spacial score (nSPS) is 10.8. The first kappa shape index (κ1) is 22.9. The molecule has 0 spiro atoms. The van der Waals surface area contributed by atoms with Crippen LogP contribution >= 0.6 is 11.6 Å². The van der Waals surface area contributed by atoms with E-state index in [0.29, 0.717) is 26.2 Å². The molecule has 164 valence electrons. The molecule has 5 nitrogen and oxygen atoms in total. The van der Waals surface area contributed by atoms with E-state index in [0.717, 1.165) is 34.0 Å². The second-order valence-corrected chi connectivity index (χ2v) is 8.14. The number of carbonyl (C=O) groups is 1. The fourth-order valence-electron chi connectivity index (χ4n) is 3.55. The van der Waals surface area contributed by atoms with E-state index in [4.69, 9.17) is 16.3 Å². The van der Waals surface area contributed by atoms with E-state index in [-0.39, 0.29) is 6.03 Å². The number of amides is 2. The lowest BCUT2D eigenvalue weighted by Crippen LogP contribution is -2.36. The number of nitrogens with one attached hydrogen (secondary N) is 1. The Morgan fingerprint density at radius 2 is 1.94 bits per heavy atom. The highest BCUT2D eigenvalue weighted by atomic mass is 35.5. The predicted molar refractivity (Wildman–Crippen MR) is 127 cm³/mol. The molecule has 0 saturated heterocycles. The van der Waals surface area contributed by atoms with Gasteiger partial charge in [0.2, 0.25) is 0 Å². The molecule has 1 heterocycles. The van der Waals surface area contributed by atoms with E-state index in [1.807, 2.05) is 73.5 Å². The monoisotopic (exact) mass is 439 g/mol. The van der Waals surface area contributed by atoms with Gasteiger partial charge in [0.15, 0.2) is 0 Å². The number of urea groups is 1. The highest BCUT2D eigenvalue weighted by Gasteiger charge is 2.17. The summed E-state index contributed by atoms with van der Waals surface area (Å²) in [6.07, 6.45) is 2.79. The van der Waals surface area contributed by atoms with Crippen LogP contribution in [0.5, 0.6) is 0 Å². The van der Waals surface area contributed by atoms with Crippen LogP contribution < -0.4 is 5.32 Å². The number of hydrogen-bond acceptors (Lipinski definition) is 2. The van der Waals surface area contributed by atoms with Crippen molar-refractivity contribution in [2.24, 2.45) is 0 Å². The molecule has 0 fully saturated rings. The Morgan fingerprint density at radius 3 is 2.68 bits per heavy atom. The minimum Gasteiger partial charge on any atom is -0.385 e. The Kier molecular flexibility index (Phi) is 8.15. The number of halogens is 1. The first-order valence-corrected chi connectivity index (χ1v) is 10.8. The Morgan fingerprint density at radius 1 is 1.13 bits per heavy atom. The van der Waals surface area contributed by atoms with Crippen LogP contribution in [0, 0.1) is 13.8 Å². The zero-order valence-corrected chi connectivity index (χ0v) is 19.2. The number of anilines is 1. The Hall–Kier alpha value is -2.76. The van der Waals surface area contributed by atoms with Gasteiger partial charge in [-0.05, 0) is 55.7 Å². The topological polar surface area (TPSA) is 46.5 Å². The maximum atomic E-state index is 13.1. The van der Waals surface area contributed by atoms with Crippen molar-refractivity contribution in [3.8, 4) is 0 Å². The summed E-state index contributed by atoms with van der Waals surface area (Å²) in [4.78, 5) is 15.0. The molecule has 1 N–H and O–H groups in total. The zero-order valence-electron chi connectivity index (χ0n) is 18.4. The van der Waals surface area contributed by atoms with Gasteiger partial charge in [0, 0.05) is 49.4 Å². The van der Waals surface area contributed by atoms with E-state index in [9.17, 15) is 4.79 Å². The molecule has 0 aliphatic rings. The fraction of sp³-hybridized carbons (Fsp3) is 0.320. The van der Waals surface area contributed by atoms with E-state index in [1.165, 1.54) is 5.56 Å². The van der Waals surface area contributed by atoms with Gasteiger partial charge in [-0.15, -0.1) is 0 Å². The molecular weight excluding hydrogens is 410 g/mol. The number of methoxy groups -OCH3 is 1. The summed E-state index contributed by atoms with van der Waals surface area (Å²) in [6, 6.07) is 17.8. The van der Waals surface area contributed by atoms with Crippen LogP contribution in [0.1, 0.15) is 28.8 Å². The highest BCUT2D eigenvalue weighted by Crippen LogP contribution is 2.20. The zero-order chi connectivity index (χ0) is 22.2. The van der Waals surface area contributed by atoms with Gasteiger partial charge in [-0.2, -0.15) is 0 Å². The average Bonchev–Trinajstić information content (AvgIpc) is 3.18. The summed E-state index contributed by atoms with van der Waals surface area (Å²) < 4.78 is 7.33. The quantitative estimate of drug-likeness (QED) is 0.423. The van der Waals surface area contributed by atoms with Gasteiger partial charge in [0.05, 0.1) is 6.54 Å². The number of rotatable bonds is 9. The number of ether oxygens (including phenoxy) is 1. The molecule has 0 bridgehead atoms. The number of benzene rings is 2. The summed E-state index contributed by atoms with van der Waals surface area (Å²) in [5.74, 6) is 0. The lowest BCUT2D eigenvalue weighted by Gasteiger charge is -2.24. The van der Waals surface area contributed by atoms with Crippen molar-refractivity contribution in [1.29, 1.82) is 0 Å². The third kappa shape index (κ3) is 6.36. The summed E-state index contributed by atoms with van der Waals surface area (Å²) in [5.41, 5.74) is 5.15. The van der Waals surface area contributed by atoms with Crippen molar-refractivity contribution >= 4 is 23.3 Å². The Bertz CT molecular complexity index is 1020. The molecule has 0 aliphatic heterocycles. The summed E-state index contributed by atoms with van der Waals surface area (Å²) in [5, 5.41) is 3.81. The van der Waals surface area contributed by atoms with E-state index >= 15 is 0 Å². The second kappa shape index (κ2) is 11.0. The van der Waals surface area contributed by atoms with Gasteiger partial charge in [0.25, 0.3) is 0 Å². The average molecular weight is 440 g/mol. The largest absolute Gasteiger partial charge is 0.385 e. The number of aromatic nitrogens is 1. The van der Waals surface area contributed by atoms with Gasteiger partial charge in [-0.25, -0.2) is 4.79 Å². The van der Waals surface area contributed by atoms with Crippen LogP contribution in [0.4, 0.5) is 10.5 Å². The van der Waals surface area contributed by atoms with Gasteiger partial charge >= 0.3 is 6.03 Å². The molecule has 3 rings (SSSR count). The third-order valence-corrected chi connectivity index (χ3v) is 5.63. The predicted octanol–water partition coefficient (Wildman–Crippen LogP) is 5.88. The van der Waals surface area contributed by atoms with Crippen LogP contribution in [-0.2, 0) is 17.8 Å². The number of hydrogen-bond donors (Lipinski definition) is 1. The van der Waals surface area contributed by atoms with Crippen molar-refractivity contribution < 1.29 is 9.53 Å². The maximum Gasteiger partial charge on any atom is 0.322 e. The van der Waals surface area contributed by atoms with E-state index in [1.54, 1.807) is 7.11 Å². The third-order valence-electron chi connectivity index (χ3n) is 5.26. The Labute approximate surface area is 189 Å². The first-order valence-electron chi connectivity index (χ1n) is 10.5. The molecule has 0 atom stereocenters. The lowest BCUT2D eigenvalue weighted by atomic mass is 10.1. The highest BCUT2D eigenvalue weighted by molar-refractivity contribution is 6.31. The summed E-state index contributed by atoms with van der Waals surface area (Å²) in [6.45, 7) is 6.41. The molecule has 0 aliphatic carbocycles. The van der Waals surface area contributed by atoms with Crippen LogP contribution in [0.15, 0.2) is 60.8 Å². The molecule has 0 radical (unpaired) electrons. The molecule has 0 saturated carbocycles. The van der Waals surface area contributed by atoms with E-state index in [2.05, 4.69) is 16.0 Å². The molecule has 2 aromatic carbocycles. The first-order chi connectivity index (χ1) is 15.0. The van der Waals surface area contributed by atoms with Crippen molar-refractivity contribution in [2.75, 3.05) is 25.6 Å². The van der Waals surface area contributed by atoms with Gasteiger partial charge in [-0.1, -0.05) is 47.5 Å². The van der Waals surface area contributed by atoms with Crippen molar-refractivity contribution in [3.63, 3.8) is 0 Å². The smallest absolute Gasteiger partial charge is 0.322 e. The molecular formula is C25H30ClN3O2. The number of carbonyl (C=O) groups excluding carboxylic acids is 1. The second-order valence-electron chi connectivity index (χ2n) is 7.74. The SMILES string of the molecule is COCCCN(Cc1cccn1Cc1ccccc1Cl)C(=O)Nc1ccc(C)cc1C. The van der Waals surface area contributed by atoms with Crippen molar-refractivity contribution in [2.45, 2.75) is 33.4 Å². The molecule has 1 aromatic heterocycles. The van der Waals surface area contributed by atoms with Gasteiger partial charge < -0.3 is 19.5 Å². The summed E-state index contributed by atoms with van der Waals surface area (Å²) in [7, 11) is 1.68. The molecule has 2 amide bonds. The van der Waals surface area contributed by atoms with Crippen LogP contribution in [0.25, 0.3) is 0 Å². The lowest BCUT2D eigenvalue weighted by molar-refractivity contribution is 0.171. The Balaban J connectivity index is 1.76. The molecule has 0 unspecified atom stereocenters. The van der Waals surface area contributed by atoms with Crippen LogP contribution in [-0.4, -0.2) is 35.8 Å². The van der Waals surface area contributed by atoms with Crippen LogP contribution in [0.2, 0.25) is 5.02 Å². The standard InChI is InChI=1S/C25H30ClN3O2/c1-19-11-12-24(20(2)16-19)27-25(30)29(14-7-15-31-3)18-22-9-6-13-28(22)17-21-8-4-5-10-23(21)26/h4-6,8-13,16H,7,14-15,17-18H2,1-3H3,(H,27,30). The molecule has 3 aromatic rings. The fourth-order valence-corrected chi connectivity index (χ4v) is 3.75.